The molecule has 0 aliphatic heterocycles. The number of hydrogen-bond donors (Lipinski definition) is 0. The third-order valence-corrected chi connectivity index (χ3v) is 5.41. The summed E-state index contributed by atoms with van der Waals surface area (Å²) >= 11 is 0. The molecule has 0 unspecified atom stereocenters. The fraction of sp³-hybridized carbons (Fsp3) is 0.316. The van der Waals surface area contributed by atoms with Crippen molar-refractivity contribution in [2.24, 2.45) is 5.92 Å². The molecule has 0 N–H and O–H groups in total. The normalized spacial score (nSPS) is 14.2. The van der Waals surface area contributed by atoms with Gasteiger partial charge in [-0.25, -0.2) is 8.98 Å². The summed E-state index contributed by atoms with van der Waals surface area (Å²) in [5.74, 6) is 0.206. The zero-order valence-corrected chi connectivity index (χ0v) is 14.6. The van der Waals surface area contributed by atoms with E-state index in [4.69, 9.17) is 8.92 Å². The molecule has 1 aliphatic carbocycles. The van der Waals surface area contributed by atoms with Gasteiger partial charge in [-0.1, -0.05) is 43.2 Å². The van der Waals surface area contributed by atoms with E-state index in [-0.39, 0.29) is 4.90 Å². The molecular weight excluding hydrogens is 340 g/mol. The molecule has 1 aliphatic rings. The SMILES string of the molecule is O=C(OCOS(=O)(=O)c1ccc(CCC2CC2)cc1)c1ccccc1. The molecular formula is C19H20O5S. The van der Waals surface area contributed by atoms with Crippen LogP contribution in [0.5, 0.6) is 0 Å². The lowest BCUT2D eigenvalue weighted by Crippen LogP contribution is -2.13. The van der Waals surface area contributed by atoms with Gasteiger partial charge >= 0.3 is 5.97 Å². The second-order valence-electron chi connectivity index (χ2n) is 6.11. The molecule has 5 nitrogen and oxygen atoms in total. The summed E-state index contributed by atoms with van der Waals surface area (Å²) in [6, 6.07) is 15.0. The Balaban J connectivity index is 1.51. The maximum absolute atomic E-state index is 12.1. The summed E-state index contributed by atoms with van der Waals surface area (Å²) in [5.41, 5.74) is 1.45. The monoisotopic (exact) mass is 360 g/mol. The predicted molar refractivity (Wildman–Crippen MR) is 92.5 cm³/mol. The van der Waals surface area contributed by atoms with Gasteiger partial charge in [0, 0.05) is 0 Å². The van der Waals surface area contributed by atoms with Crippen LogP contribution in [0.1, 0.15) is 35.2 Å². The molecule has 0 bridgehead atoms. The maximum Gasteiger partial charge on any atom is 0.340 e. The molecule has 0 heterocycles. The molecule has 6 heteroatoms. The van der Waals surface area contributed by atoms with Crippen LogP contribution in [0.25, 0.3) is 0 Å². The lowest BCUT2D eigenvalue weighted by Gasteiger charge is -2.08. The van der Waals surface area contributed by atoms with Crippen LogP contribution in [0.2, 0.25) is 0 Å². The van der Waals surface area contributed by atoms with Crippen molar-refractivity contribution in [2.75, 3.05) is 6.79 Å². The van der Waals surface area contributed by atoms with Crippen LogP contribution < -0.4 is 0 Å². The predicted octanol–water partition coefficient (Wildman–Crippen LogP) is 3.55. The Hall–Kier alpha value is -2.18. The van der Waals surface area contributed by atoms with Gasteiger partial charge < -0.3 is 4.74 Å². The number of benzene rings is 2. The first kappa shape index (κ1) is 17.6. The second kappa shape index (κ2) is 7.80. The minimum Gasteiger partial charge on any atom is -0.434 e. The summed E-state index contributed by atoms with van der Waals surface area (Å²) in [5, 5.41) is 0. The summed E-state index contributed by atoms with van der Waals surface area (Å²) in [6.45, 7) is -0.653. The number of hydrogen-bond acceptors (Lipinski definition) is 5. The Bertz CT molecular complexity index is 809. The van der Waals surface area contributed by atoms with E-state index in [1.165, 1.54) is 25.0 Å². The molecule has 25 heavy (non-hydrogen) atoms. The number of rotatable bonds is 8. The molecule has 2 aromatic rings. The van der Waals surface area contributed by atoms with E-state index in [1.54, 1.807) is 42.5 Å². The van der Waals surface area contributed by atoms with E-state index < -0.39 is 22.9 Å². The Kier molecular flexibility index (Phi) is 5.50. The molecule has 1 saturated carbocycles. The average Bonchev–Trinajstić information content (AvgIpc) is 3.45. The van der Waals surface area contributed by atoms with Crippen molar-refractivity contribution >= 4 is 16.1 Å². The van der Waals surface area contributed by atoms with E-state index in [1.807, 2.05) is 0 Å². The highest BCUT2D eigenvalue weighted by atomic mass is 32.2. The third-order valence-electron chi connectivity index (χ3n) is 4.15. The van der Waals surface area contributed by atoms with Crippen LogP contribution in [0.3, 0.4) is 0 Å². The minimum absolute atomic E-state index is 0.0541. The third kappa shape index (κ3) is 5.14. The van der Waals surface area contributed by atoms with Crippen LogP contribution >= 0.6 is 0 Å². The topological polar surface area (TPSA) is 69.7 Å². The number of esters is 1. The first-order valence-electron chi connectivity index (χ1n) is 8.25. The lowest BCUT2D eigenvalue weighted by molar-refractivity contribution is 0.0176. The smallest absolute Gasteiger partial charge is 0.340 e. The molecule has 0 spiro atoms. The maximum atomic E-state index is 12.1. The molecule has 2 aromatic carbocycles. The summed E-state index contributed by atoms with van der Waals surface area (Å²) in [4.78, 5) is 11.8. The summed E-state index contributed by atoms with van der Waals surface area (Å²) in [7, 11) is -3.95. The number of ether oxygens (including phenoxy) is 1. The fourth-order valence-electron chi connectivity index (χ4n) is 2.47. The highest BCUT2D eigenvalue weighted by Gasteiger charge is 2.21. The zero-order chi connectivity index (χ0) is 17.7. The quantitative estimate of drug-likeness (QED) is 0.409. The van der Waals surface area contributed by atoms with E-state index in [0.29, 0.717) is 5.56 Å². The van der Waals surface area contributed by atoms with Crippen molar-refractivity contribution in [3.8, 4) is 0 Å². The molecule has 0 atom stereocenters. The molecule has 0 amide bonds. The van der Waals surface area contributed by atoms with Crippen LogP contribution in [0.4, 0.5) is 0 Å². The van der Waals surface area contributed by atoms with Crippen LogP contribution in [0, 0.1) is 5.92 Å². The van der Waals surface area contributed by atoms with Gasteiger partial charge in [0.25, 0.3) is 10.1 Å². The van der Waals surface area contributed by atoms with Gasteiger partial charge in [-0.2, -0.15) is 8.42 Å². The van der Waals surface area contributed by atoms with Crippen molar-refractivity contribution in [3.63, 3.8) is 0 Å². The number of carbonyl (C=O) groups is 1. The largest absolute Gasteiger partial charge is 0.434 e. The Morgan fingerprint density at radius 1 is 1.00 bits per heavy atom. The van der Waals surface area contributed by atoms with Gasteiger partial charge in [0.15, 0.2) is 0 Å². The minimum atomic E-state index is -3.95. The highest BCUT2D eigenvalue weighted by Crippen LogP contribution is 2.33. The van der Waals surface area contributed by atoms with Gasteiger partial charge in [-0.15, -0.1) is 0 Å². The molecule has 0 radical (unpaired) electrons. The number of carbonyl (C=O) groups excluding carboxylic acids is 1. The molecule has 3 rings (SSSR count). The van der Waals surface area contributed by atoms with Crippen molar-refractivity contribution in [2.45, 2.75) is 30.6 Å². The van der Waals surface area contributed by atoms with Gasteiger partial charge in [0.05, 0.1) is 10.5 Å². The Labute approximate surface area is 147 Å². The first-order chi connectivity index (χ1) is 12.0. The molecule has 0 aromatic heterocycles. The second-order valence-corrected chi connectivity index (χ2v) is 7.73. The summed E-state index contributed by atoms with van der Waals surface area (Å²) < 4.78 is 33.9. The van der Waals surface area contributed by atoms with Crippen molar-refractivity contribution in [1.29, 1.82) is 0 Å². The fourth-order valence-corrected chi connectivity index (χ4v) is 3.25. The molecule has 132 valence electrons. The van der Waals surface area contributed by atoms with Gasteiger partial charge in [-0.05, 0) is 48.6 Å². The first-order valence-corrected chi connectivity index (χ1v) is 9.66. The number of aryl methyl sites for hydroxylation is 1. The van der Waals surface area contributed by atoms with Crippen molar-refractivity contribution < 1.29 is 22.1 Å². The van der Waals surface area contributed by atoms with Crippen LogP contribution in [-0.2, 0) is 25.5 Å². The van der Waals surface area contributed by atoms with Crippen LogP contribution in [0.15, 0.2) is 59.5 Å². The zero-order valence-electron chi connectivity index (χ0n) is 13.8. The van der Waals surface area contributed by atoms with Crippen LogP contribution in [-0.4, -0.2) is 21.2 Å². The molecule has 1 fully saturated rings. The van der Waals surface area contributed by atoms with Gasteiger partial charge in [0.1, 0.15) is 0 Å². The van der Waals surface area contributed by atoms with Gasteiger partial charge in [-0.3, -0.25) is 0 Å². The van der Waals surface area contributed by atoms with E-state index in [9.17, 15) is 13.2 Å². The lowest BCUT2D eigenvalue weighted by atomic mass is 10.1. The van der Waals surface area contributed by atoms with Crippen molar-refractivity contribution in [1.82, 2.24) is 0 Å². The standard InChI is InChI=1S/C19H20O5S/c20-19(17-4-2-1-3-5-17)23-14-24-25(21,22)18-12-10-16(11-13-18)9-8-15-6-7-15/h1-5,10-13,15H,6-9,14H2. The summed E-state index contributed by atoms with van der Waals surface area (Å²) in [6.07, 6.45) is 4.72. The Morgan fingerprint density at radius 3 is 2.32 bits per heavy atom. The van der Waals surface area contributed by atoms with E-state index in [2.05, 4.69) is 0 Å². The van der Waals surface area contributed by atoms with Gasteiger partial charge in [0.2, 0.25) is 6.79 Å². The van der Waals surface area contributed by atoms with E-state index >= 15 is 0 Å². The molecule has 0 saturated heterocycles. The Morgan fingerprint density at radius 2 is 1.68 bits per heavy atom. The van der Waals surface area contributed by atoms with Crippen molar-refractivity contribution in [3.05, 3.63) is 65.7 Å². The highest BCUT2D eigenvalue weighted by molar-refractivity contribution is 7.86. The average molecular weight is 360 g/mol. The van der Waals surface area contributed by atoms with E-state index in [0.717, 1.165) is 24.3 Å².